The summed E-state index contributed by atoms with van der Waals surface area (Å²) < 4.78 is 39.3. The number of carbonyl (C=O) groups excluding carboxylic acids is 2. The predicted octanol–water partition coefficient (Wildman–Crippen LogP) is -0.545. The van der Waals surface area contributed by atoms with Gasteiger partial charge in [0.1, 0.15) is 11.9 Å². The first-order valence-electron chi connectivity index (χ1n) is 7.35. The Morgan fingerprint density at radius 2 is 1.83 bits per heavy atom. The van der Waals surface area contributed by atoms with Crippen molar-refractivity contribution in [3.05, 3.63) is 30.1 Å². The summed E-state index contributed by atoms with van der Waals surface area (Å²) in [5.41, 5.74) is 0. The van der Waals surface area contributed by atoms with Crippen LogP contribution in [0.1, 0.15) is 0 Å². The first-order chi connectivity index (χ1) is 11.4. The van der Waals surface area contributed by atoms with Crippen LogP contribution in [0.2, 0.25) is 0 Å². The molecule has 10 heteroatoms. The van der Waals surface area contributed by atoms with E-state index in [0.717, 1.165) is 33.5 Å². The monoisotopic (exact) mass is 357 g/mol. The zero-order valence-electron chi connectivity index (χ0n) is 12.6. The molecule has 2 heterocycles. The molecule has 1 aromatic carbocycles. The Labute approximate surface area is 138 Å². The van der Waals surface area contributed by atoms with Crippen LogP contribution in [0.25, 0.3) is 0 Å². The molecule has 8 nitrogen and oxygen atoms in total. The SMILES string of the molecule is O=C1[C@H]2CN(S(=O)(=O)c3ccc(F)cc3)CCN2C(=O)N1CCO. The van der Waals surface area contributed by atoms with E-state index in [1.54, 1.807) is 0 Å². The molecule has 1 N–H and O–H groups in total. The number of piperazine rings is 1. The van der Waals surface area contributed by atoms with E-state index in [1.165, 1.54) is 4.90 Å². The van der Waals surface area contributed by atoms with E-state index in [4.69, 9.17) is 5.11 Å². The fourth-order valence-corrected chi connectivity index (χ4v) is 4.34. The van der Waals surface area contributed by atoms with Crippen molar-refractivity contribution in [1.82, 2.24) is 14.1 Å². The summed E-state index contributed by atoms with van der Waals surface area (Å²) in [6.45, 7) is -0.503. The Morgan fingerprint density at radius 3 is 2.46 bits per heavy atom. The Kier molecular flexibility index (Phi) is 4.28. The maximum absolute atomic E-state index is 13.0. The van der Waals surface area contributed by atoms with Gasteiger partial charge >= 0.3 is 6.03 Å². The standard InChI is InChI=1S/C14H16FN3O5S/c15-10-1-3-11(4-2-10)24(22,23)16-5-6-17-12(9-16)13(20)18(7-8-19)14(17)21/h1-4,12,19H,5-9H2/t12-/m1/s1. The van der Waals surface area contributed by atoms with E-state index in [-0.39, 0.29) is 37.7 Å². The third kappa shape index (κ3) is 2.66. The average molecular weight is 357 g/mol. The minimum Gasteiger partial charge on any atom is -0.395 e. The number of carbonyl (C=O) groups is 2. The fraction of sp³-hybridized carbons (Fsp3) is 0.429. The number of imide groups is 1. The molecule has 24 heavy (non-hydrogen) atoms. The molecular weight excluding hydrogens is 341 g/mol. The van der Waals surface area contributed by atoms with E-state index in [1.807, 2.05) is 0 Å². The number of urea groups is 1. The highest BCUT2D eigenvalue weighted by Gasteiger charge is 2.49. The number of halogens is 1. The van der Waals surface area contributed by atoms with Crippen molar-refractivity contribution in [2.45, 2.75) is 10.9 Å². The summed E-state index contributed by atoms with van der Waals surface area (Å²) in [6, 6.07) is 3.02. The number of nitrogens with zero attached hydrogens (tertiary/aromatic N) is 3. The van der Waals surface area contributed by atoms with Gasteiger partial charge in [-0.1, -0.05) is 0 Å². The van der Waals surface area contributed by atoms with Crippen molar-refractivity contribution < 1.29 is 27.5 Å². The highest BCUT2D eigenvalue weighted by Crippen LogP contribution is 2.25. The molecule has 0 bridgehead atoms. The van der Waals surface area contributed by atoms with Crippen LogP contribution >= 0.6 is 0 Å². The molecule has 2 fully saturated rings. The number of fused-ring (bicyclic) bond motifs is 1. The van der Waals surface area contributed by atoms with Crippen LogP contribution in [0.5, 0.6) is 0 Å². The molecular formula is C14H16FN3O5S. The lowest BCUT2D eigenvalue weighted by atomic mass is 10.2. The molecule has 1 aromatic rings. The van der Waals surface area contributed by atoms with Crippen molar-refractivity contribution in [2.24, 2.45) is 0 Å². The minimum atomic E-state index is -3.88. The Morgan fingerprint density at radius 1 is 1.17 bits per heavy atom. The highest BCUT2D eigenvalue weighted by atomic mass is 32.2. The van der Waals surface area contributed by atoms with Crippen molar-refractivity contribution in [3.8, 4) is 0 Å². The largest absolute Gasteiger partial charge is 0.395 e. The molecule has 0 aromatic heterocycles. The maximum atomic E-state index is 13.0. The third-order valence-electron chi connectivity index (χ3n) is 4.15. The lowest BCUT2D eigenvalue weighted by molar-refractivity contribution is -0.129. The summed E-state index contributed by atoms with van der Waals surface area (Å²) in [5.74, 6) is -1.07. The molecule has 1 atom stereocenters. The molecule has 3 amide bonds. The van der Waals surface area contributed by atoms with Gasteiger partial charge in [0.15, 0.2) is 0 Å². The zero-order valence-corrected chi connectivity index (χ0v) is 13.4. The van der Waals surface area contributed by atoms with Crippen LogP contribution in [-0.4, -0.2) is 78.4 Å². The Balaban J connectivity index is 1.83. The summed E-state index contributed by atoms with van der Waals surface area (Å²) in [4.78, 5) is 26.6. The first-order valence-corrected chi connectivity index (χ1v) is 8.79. The fourth-order valence-electron chi connectivity index (χ4n) is 2.91. The van der Waals surface area contributed by atoms with Crippen molar-refractivity contribution >= 4 is 22.0 Å². The van der Waals surface area contributed by atoms with E-state index in [2.05, 4.69) is 0 Å². The molecule has 0 aliphatic carbocycles. The van der Waals surface area contributed by atoms with Crippen molar-refractivity contribution in [1.29, 1.82) is 0 Å². The van der Waals surface area contributed by atoms with Gasteiger partial charge in [-0.05, 0) is 24.3 Å². The minimum absolute atomic E-state index is 0.0438. The smallest absolute Gasteiger partial charge is 0.327 e. The number of β-amino-alcohol motifs (C(OH)–C–C–N with tert-alkyl or cyclic N) is 1. The number of benzene rings is 1. The predicted molar refractivity (Wildman–Crippen MR) is 79.8 cm³/mol. The second kappa shape index (κ2) is 6.11. The maximum Gasteiger partial charge on any atom is 0.327 e. The third-order valence-corrected chi connectivity index (χ3v) is 6.03. The van der Waals surface area contributed by atoms with Crippen LogP contribution in [-0.2, 0) is 14.8 Å². The summed E-state index contributed by atoms with van der Waals surface area (Å²) >= 11 is 0. The van der Waals surface area contributed by atoms with E-state index < -0.39 is 33.8 Å². The van der Waals surface area contributed by atoms with Crippen molar-refractivity contribution in [3.63, 3.8) is 0 Å². The molecule has 0 saturated carbocycles. The molecule has 3 rings (SSSR count). The quantitative estimate of drug-likeness (QED) is 0.730. The number of aliphatic hydroxyl groups excluding tert-OH is 1. The van der Waals surface area contributed by atoms with Crippen LogP contribution in [0.4, 0.5) is 9.18 Å². The average Bonchev–Trinajstić information content (AvgIpc) is 2.80. The summed E-state index contributed by atoms with van der Waals surface area (Å²) in [6.07, 6.45) is 0. The number of sulfonamides is 1. The Bertz CT molecular complexity index is 767. The van der Waals surface area contributed by atoms with Crippen LogP contribution in [0, 0.1) is 5.82 Å². The first kappa shape index (κ1) is 16.8. The second-order valence-electron chi connectivity index (χ2n) is 5.52. The van der Waals surface area contributed by atoms with Gasteiger partial charge in [-0.2, -0.15) is 4.31 Å². The lowest BCUT2D eigenvalue weighted by Gasteiger charge is -2.34. The van der Waals surface area contributed by atoms with Crippen LogP contribution in [0.3, 0.4) is 0 Å². The lowest BCUT2D eigenvalue weighted by Crippen LogP contribution is -2.54. The number of hydrogen-bond donors (Lipinski definition) is 1. The van der Waals surface area contributed by atoms with Gasteiger partial charge in [-0.15, -0.1) is 0 Å². The molecule has 2 saturated heterocycles. The highest BCUT2D eigenvalue weighted by molar-refractivity contribution is 7.89. The second-order valence-corrected chi connectivity index (χ2v) is 7.46. The summed E-state index contributed by atoms with van der Waals surface area (Å²) in [5, 5.41) is 8.95. The van der Waals surface area contributed by atoms with E-state index in [9.17, 15) is 22.4 Å². The van der Waals surface area contributed by atoms with E-state index in [0.29, 0.717) is 0 Å². The molecule has 0 spiro atoms. The topological polar surface area (TPSA) is 98.2 Å². The van der Waals surface area contributed by atoms with Gasteiger partial charge in [-0.25, -0.2) is 17.6 Å². The number of rotatable bonds is 4. The van der Waals surface area contributed by atoms with Gasteiger partial charge in [-0.3, -0.25) is 9.69 Å². The molecule has 2 aliphatic rings. The molecule has 130 valence electrons. The summed E-state index contributed by atoms with van der Waals surface area (Å²) in [7, 11) is -3.88. The Hall–Kier alpha value is -2.04. The normalized spacial score (nSPS) is 22.2. The zero-order chi connectivity index (χ0) is 17.5. The number of aliphatic hydroxyl groups is 1. The molecule has 2 aliphatic heterocycles. The molecule has 0 radical (unpaired) electrons. The number of hydrogen-bond acceptors (Lipinski definition) is 5. The van der Waals surface area contributed by atoms with Gasteiger partial charge < -0.3 is 10.0 Å². The van der Waals surface area contributed by atoms with Gasteiger partial charge in [0.05, 0.1) is 18.0 Å². The molecule has 0 unspecified atom stereocenters. The van der Waals surface area contributed by atoms with E-state index >= 15 is 0 Å². The van der Waals surface area contributed by atoms with Crippen LogP contribution in [0.15, 0.2) is 29.2 Å². The van der Waals surface area contributed by atoms with Gasteiger partial charge in [0.25, 0.3) is 5.91 Å². The van der Waals surface area contributed by atoms with Gasteiger partial charge in [0.2, 0.25) is 10.0 Å². The number of amides is 3. The van der Waals surface area contributed by atoms with Crippen molar-refractivity contribution in [2.75, 3.05) is 32.8 Å². The van der Waals surface area contributed by atoms with Crippen LogP contribution < -0.4 is 0 Å². The van der Waals surface area contributed by atoms with Gasteiger partial charge in [0, 0.05) is 19.6 Å².